The molecule has 2 heterocycles. The van der Waals surface area contributed by atoms with Gasteiger partial charge in [-0.15, -0.1) is 0 Å². The second-order valence-electron chi connectivity index (χ2n) is 5.00. The van der Waals surface area contributed by atoms with Crippen LogP contribution in [0.1, 0.15) is 32.1 Å². The van der Waals surface area contributed by atoms with Crippen molar-refractivity contribution < 1.29 is 9.53 Å². The van der Waals surface area contributed by atoms with E-state index in [0.29, 0.717) is 37.9 Å². The normalized spacial score (nSPS) is 27.2. The Morgan fingerprint density at radius 2 is 2.22 bits per heavy atom. The highest BCUT2D eigenvalue weighted by Gasteiger charge is 2.40. The zero-order valence-corrected chi connectivity index (χ0v) is 11.4. The summed E-state index contributed by atoms with van der Waals surface area (Å²) in [6.07, 6.45) is 4.76. The smallest absolute Gasteiger partial charge is 0.240 e. The van der Waals surface area contributed by atoms with Gasteiger partial charge in [0.05, 0.1) is 6.07 Å². The molecule has 100 valence electrons. The fourth-order valence-corrected chi connectivity index (χ4v) is 3.69. The molecule has 0 saturated carbocycles. The number of thioether (sulfide) groups is 1. The molecule has 1 unspecified atom stereocenters. The molecule has 2 rings (SSSR count). The summed E-state index contributed by atoms with van der Waals surface area (Å²) in [4.78, 5) is 12.2. The maximum atomic E-state index is 12.2. The highest BCUT2D eigenvalue weighted by molar-refractivity contribution is 7.99. The molecule has 1 N–H and O–H groups in total. The summed E-state index contributed by atoms with van der Waals surface area (Å²) in [5.74, 6) is 1.09. The summed E-state index contributed by atoms with van der Waals surface area (Å²) in [6, 6.07) is 2.21. The van der Waals surface area contributed by atoms with Gasteiger partial charge in [-0.2, -0.15) is 17.0 Å². The van der Waals surface area contributed by atoms with Crippen molar-refractivity contribution in [3.8, 4) is 6.07 Å². The van der Waals surface area contributed by atoms with E-state index in [-0.39, 0.29) is 5.91 Å². The summed E-state index contributed by atoms with van der Waals surface area (Å²) >= 11 is 1.94. The quantitative estimate of drug-likeness (QED) is 0.846. The Balaban J connectivity index is 1.84. The molecular weight excluding hydrogens is 248 g/mol. The summed E-state index contributed by atoms with van der Waals surface area (Å²) in [5, 5.41) is 12.8. The van der Waals surface area contributed by atoms with Crippen molar-refractivity contribution in [3.05, 3.63) is 0 Å². The van der Waals surface area contributed by atoms with Gasteiger partial charge in [0.1, 0.15) is 5.41 Å². The number of hydrogen-bond acceptors (Lipinski definition) is 4. The molecule has 2 saturated heterocycles. The molecule has 0 aromatic carbocycles. The zero-order valence-electron chi connectivity index (χ0n) is 10.6. The molecule has 1 atom stereocenters. The number of carbonyl (C=O) groups excluding carboxylic acids is 1. The van der Waals surface area contributed by atoms with E-state index < -0.39 is 5.41 Å². The lowest BCUT2D eigenvalue weighted by Crippen LogP contribution is -2.45. The van der Waals surface area contributed by atoms with Crippen molar-refractivity contribution in [2.24, 2.45) is 5.41 Å². The molecule has 0 aliphatic carbocycles. The molecule has 5 heteroatoms. The standard InChI is InChI=1S/C13H20N2O2S/c14-10-13(4-6-17-7-5-13)12(16)15-9-11-3-1-2-8-18-11/h11H,1-9H2,(H,15,16). The van der Waals surface area contributed by atoms with Crippen molar-refractivity contribution in [2.45, 2.75) is 37.4 Å². The first-order valence-corrected chi connectivity index (χ1v) is 7.71. The molecule has 4 nitrogen and oxygen atoms in total. The lowest BCUT2D eigenvalue weighted by molar-refractivity contribution is -0.132. The van der Waals surface area contributed by atoms with Gasteiger partial charge in [0.25, 0.3) is 0 Å². The fraction of sp³-hybridized carbons (Fsp3) is 0.846. The predicted molar refractivity (Wildman–Crippen MR) is 71.2 cm³/mol. The van der Waals surface area contributed by atoms with Crippen LogP contribution < -0.4 is 5.32 Å². The number of nitrogens with one attached hydrogen (secondary N) is 1. The van der Waals surface area contributed by atoms with E-state index in [2.05, 4.69) is 11.4 Å². The van der Waals surface area contributed by atoms with E-state index in [1.165, 1.54) is 25.0 Å². The van der Waals surface area contributed by atoms with Crippen LogP contribution in [0.5, 0.6) is 0 Å². The molecule has 0 spiro atoms. The van der Waals surface area contributed by atoms with Gasteiger partial charge < -0.3 is 10.1 Å². The SMILES string of the molecule is N#CC1(C(=O)NCC2CCCCS2)CCOCC1. The van der Waals surface area contributed by atoms with Crippen LogP contribution in [-0.2, 0) is 9.53 Å². The molecule has 0 bridgehead atoms. The first kappa shape index (κ1) is 13.7. The lowest BCUT2D eigenvalue weighted by Gasteiger charge is -2.30. The predicted octanol–water partition coefficient (Wildman–Crippen LogP) is 1.71. The Hall–Kier alpha value is -0.730. The summed E-state index contributed by atoms with van der Waals surface area (Å²) in [5.41, 5.74) is -0.850. The van der Waals surface area contributed by atoms with Gasteiger partial charge in [-0.25, -0.2) is 0 Å². The molecule has 2 aliphatic heterocycles. The molecule has 1 amide bonds. The Kier molecular flexibility index (Phi) is 4.90. The van der Waals surface area contributed by atoms with Crippen molar-refractivity contribution in [1.29, 1.82) is 5.26 Å². The maximum absolute atomic E-state index is 12.2. The van der Waals surface area contributed by atoms with Gasteiger partial charge in [-0.05, 0) is 31.4 Å². The Morgan fingerprint density at radius 1 is 1.44 bits per heavy atom. The van der Waals surface area contributed by atoms with Gasteiger partial charge in [0, 0.05) is 25.0 Å². The van der Waals surface area contributed by atoms with Crippen LogP contribution in [0.2, 0.25) is 0 Å². The van der Waals surface area contributed by atoms with Gasteiger partial charge in [0.15, 0.2) is 0 Å². The minimum atomic E-state index is -0.850. The number of rotatable bonds is 3. The second-order valence-corrected chi connectivity index (χ2v) is 6.41. The van der Waals surface area contributed by atoms with Crippen molar-refractivity contribution in [1.82, 2.24) is 5.32 Å². The molecule has 2 fully saturated rings. The Labute approximate surface area is 112 Å². The maximum Gasteiger partial charge on any atom is 0.240 e. The van der Waals surface area contributed by atoms with Crippen molar-refractivity contribution in [3.63, 3.8) is 0 Å². The average molecular weight is 268 g/mol. The van der Waals surface area contributed by atoms with Crippen molar-refractivity contribution >= 4 is 17.7 Å². The zero-order chi connectivity index (χ0) is 12.8. The average Bonchev–Trinajstić information content (AvgIpc) is 2.46. The van der Waals surface area contributed by atoms with E-state index in [0.717, 1.165) is 0 Å². The molecule has 0 radical (unpaired) electrons. The van der Waals surface area contributed by atoms with Crippen LogP contribution in [0.15, 0.2) is 0 Å². The molecule has 2 aliphatic rings. The highest BCUT2D eigenvalue weighted by Crippen LogP contribution is 2.30. The second kappa shape index (κ2) is 6.44. The van der Waals surface area contributed by atoms with E-state index in [1.807, 2.05) is 11.8 Å². The molecule has 0 aromatic rings. The highest BCUT2D eigenvalue weighted by atomic mass is 32.2. The van der Waals surface area contributed by atoms with E-state index in [4.69, 9.17) is 4.74 Å². The number of nitrogens with zero attached hydrogens (tertiary/aromatic N) is 1. The van der Waals surface area contributed by atoms with Crippen LogP contribution in [0.4, 0.5) is 0 Å². The van der Waals surface area contributed by atoms with Gasteiger partial charge in [-0.3, -0.25) is 4.79 Å². The number of carbonyl (C=O) groups is 1. The van der Waals surface area contributed by atoms with Gasteiger partial charge in [-0.1, -0.05) is 6.42 Å². The largest absolute Gasteiger partial charge is 0.381 e. The monoisotopic (exact) mass is 268 g/mol. The number of ether oxygens (including phenoxy) is 1. The molecule has 18 heavy (non-hydrogen) atoms. The summed E-state index contributed by atoms with van der Waals surface area (Å²) < 4.78 is 5.24. The molecule has 0 aromatic heterocycles. The number of amides is 1. The Morgan fingerprint density at radius 3 is 2.83 bits per heavy atom. The minimum Gasteiger partial charge on any atom is -0.381 e. The topological polar surface area (TPSA) is 62.1 Å². The minimum absolute atomic E-state index is 0.0977. The van der Waals surface area contributed by atoms with Gasteiger partial charge >= 0.3 is 0 Å². The third-order valence-corrected chi connectivity index (χ3v) is 5.16. The lowest BCUT2D eigenvalue weighted by atomic mass is 9.81. The van der Waals surface area contributed by atoms with E-state index >= 15 is 0 Å². The van der Waals surface area contributed by atoms with E-state index in [1.54, 1.807) is 0 Å². The first-order chi connectivity index (χ1) is 8.77. The third-order valence-electron chi connectivity index (χ3n) is 3.76. The van der Waals surface area contributed by atoms with Crippen LogP contribution in [0.25, 0.3) is 0 Å². The van der Waals surface area contributed by atoms with E-state index in [9.17, 15) is 10.1 Å². The number of hydrogen-bond donors (Lipinski definition) is 1. The number of nitriles is 1. The first-order valence-electron chi connectivity index (χ1n) is 6.66. The van der Waals surface area contributed by atoms with Crippen LogP contribution in [-0.4, -0.2) is 36.7 Å². The third kappa shape index (κ3) is 3.18. The van der Waals surface area contributed by atoms with Crippen LogP contribution in [0.3, 0.4) is 0 Å². The fourth-order valence-electron chi connectivity index (χ4n) is 2.45. The van der Waals surface area contributed by atoms with Crippen LogP contribution >= 0.6 is 11.8 Å². The van der Waals surface area contributed by atoms with Crippen LogP contribution in [0, 0.1) is 16.7 Å². The Bertz CT molecular complexity index is 328. The van der Waals surface area contributed by atoms with Crippen molar-refractivity contribution in [2.75, 3.05) is 25.5 Å². The van der Waals surface area contributed by atoms with Gasteiger partial charge in [0.2, 0.25) is 5.91 Å². The summed E-state index contributed by atoms with van der Waals surface area (Å²) in [6.45, 7) is 1.73. The molecular formula is C13H20N2O2S. The summed E-state index contributed by atoms with van der Waals surface area (Å²) in [7, 11) is 0.